The highest BCUT2D eigenvalue weighted by Crippen LogP contribution is 2.08. The molecule has 0 unspecified atom stereocenters. The number of aliphatic hydroxyl groups excluding tert-OH is 1. The first-order valence-electron chi connectivity index (χ1n) is 9.45. The largest absolute Gasteiger partial charge is 0.480 e. The van der Waals surface area contributed by atoms with Gasteiger partial charge in [0, 0.05) is 10.6 Å². The summed E-state index contributed by atoms with van der Waals surface area (Å²) in [7, 11) is -1.43. The topological polar surface area (TPSA) is 142 Å². The number of benzene rings is 2. The fourth-order valence-corrected chi connectivity index (χ4v) is 3.69. The van der Waals surface area contributed by atoms with E-state index < -0.39 is 47.5 Å². The lowest BCUT2D eigenvalue weighted by Gasteiger charge is -2.20. The number of hydrogen-bond acceptors (Lipinski definition) is 6. The van der Waals surface area contributed by atoms with Crippen molar-refractivity contribution < 1.29 is 33.5 Å². The summed E-state index contributed by atoms with van der Waals surface area (Å²) in [5.74, 6) is -2.20. The monoisotopic (exact) mass is 448 g/mol. The number of amides is 2. The Kier molecular flexibility index (Phi) is 9.66. The highest BCUT2D eigenvalue weighted by atomic mass is 32.2. The van der Waals surface area contributed by atoms with E-state index in [-0.39, 0.29) is 18.8 Å². The molecule has 0 aromatic heterocycles. The molecule has 0 spiro atoms. The van der Waals surface area contributed by atoms with Crippen molar-refractivity contribution in [2.45, 2.75) is 30.0 Å². The highest BCUT2D eigenvalue weighted by Gasteiger charge is 2.27. The Bertz CT molecular complexity index is 893. The lowest BCUT2D eigenvalue weighted by molar-refractivity contribution is -0.142. The second kappa shape index (κ2) is 12.5. The van der Waals surface area contributed by atoms with Gasteiger partial charge in [0.05, 0.1) is 17.4 Å². The molecule has 0 bridgehead atoms. The van der Waals surface area contributed by atoms with Crippen LogP contribution in [0.15, 0.2) is 65.6 Å². The van der Waals surface area contributed by atoms with Gasteiger partial charge in [-0.1, -0.05) is 48.5 Å². The number of aliphatic carboxylic acids is 1. The van der Waals surface area contributed by atoms with Crippen LogP contribution in [-0.4, -0.2) is 56.8 Å². The summed E-state index contributed by atoms with van der Waals surface area (Å²) in [5.41, 5.74) is 0.736. The van der Waals surface area contributed by atoms with Gasteiger partial charge in [0.15, 0.2) is 0 Å². The van der Waals surface area contributed by atoms with Crippen LogP contribution in [0.1, 0.15) is 12.0 Å². The van der Waals surface area contributed by atoms with Gasteiger partial charge < -0.3 is 25.6 Å². The molecule has 0 fully saturated rings. The van der Waals surface area contributed by atoms with E-state index in [1.807, 2.05) is 6.07 Å². The van der Waals surface area contributed by atoms with Crippen LogP contribution >= 0.6 is 0 Å². The molecule has 2 aromatic carbocycles. The van der Waals surface area contributed by atoms with Gasteiger partial charge in [0.25, 0.3) is 0 Å². The molecule has 9 nitrogen and oxygen atoms in total. The Morgan fingerprint density at radius 2 is 1.55 bits per heavy atom. The quantitative estimate of drug-likeness (QED) is 0.402. The number of hydrogen-bond donors (Lipinski definition) is 4. The third-order valence-corrected chi connectivity index (χ3v) is 5.62. The standard InChI is InChI=1S/C21H24N2O7S/c24-13-18(23-21(28)30-14-15-7-3-1-4-8-15)19(25)22-17(20(26)27)11-12-31(29)16-9-5-2-6-10-16/h1-10,17-18,24H,11-14H2,(H,22,25)(H,23,28)(H,26,27)/t17-,18-,31-/m0/s1. The molecule has 2 rings (SSSR count). The Balaban J connectivity index is 1.86. The van der Waals surface area contributed by atoms with Gasteiger partial charge in [-0.25, -0.2) is 9.59 Å². The summed E-state index contributed by atoms with van der Waals surface area (Å²) < 4.78 is 17.3. The average molecular weight is 448 g/mol. The minimum absolute atomic E-state index is 0.0115. The highest BCUT2D eigenvalue weighted by molar-refractivity contribution is 7.85. The van der Waals surface area contributed by atoms with E-state index in [1.165, 1.54) is 0 Å². The van der Waals surface area contributed by atoms with Crippen molar-refractivity contribution >= 4 is 28.8 Å². The number of alkyl carbamates (subject to hydrolysis) is 1. The van der Waals surface area contributed by atoms with E-state index in [1.54, 1.807) is 54.6 Å². The van der Waals surface area contributed by atoms with E-state index in [2.05, 4.69) is 10.6 Å². The summed E-state index contributed by atoms with van der Waals surface area (Å²) in [6.07, 6.45) is -1.03. The lowest BCUT2D eigenvalue weighted by atomic mass is 10.2. The van der Waals surface area contributed by atoms with Crippen LogP contribution < -0.4 is 10.6 Å². The zero-order valence-electron chi connectivity index (χ0n) is 16.6. The zero-order chi connectivity index (χ0) is 22.6. The Morgan fingerprint density at radius 3 is 2.13 bits per heavy atom. The third kappa shape index (κ3) is 8.19. The van der Waals surface area contributed by atoms with Crippen molar-refractivity contribution in [1.82, 2.24) is 10.6 Å². The van der Waals surface area contributed by atoms with Gasteiger partial charge >= 0.3 is 12.1 Å². The first-order valence-corrected chi connectivity index (χ1v) is 10.8. The molecule has 10 heteroatoms. The fraction of sp³-hybridized carbons (Fsp3) is 0.286. The molecular weight excluding hydrogens is 424 g/mol. The van der Waals surface area contributed by atoms with E-state index in [0.29, 0.717) is 4.90 Å². The SMILES string of the molecule is O=C(N[C@@H](CO)C(=O)N[C@@H](CC[S@](=O)c1ccccc1)C(=O)O)OCc1ccccc1. The average Bonchev–Trinajstić information content (AvgIpc) is 2.79. The molecule has 2 amide bonds. The lowest BCUT2D eigenvalue weighted by Crippen LogP contribution is -2.53. The number of aliphatic hydroxyl groups is 1. The van der Waals surface area contributed by atoms with Crippen molar-refractivity contribution in [2.24, 2.45) is 0 Å². The Hall–Kier alpha value is -3.24. The van der Waals surface area contributed by atoms with Gasteiger partial charge in [0.1, 0.15) is 18.7 Å². The van der Waals surface area contributed by atoms with Crippen LogP contribution in [0.4, 0.5) is 4.79 Å². The van der Waals surface area contributed by atoms with Crippen LogP contribution in [0.3, 0.4) is 0 Å². The molecule has 2 aromatic rings. The second-order valence-electron chi connectivity index (χ2n) is 6.49. The molecular formula is C21H24N2O7S. The molecule has 0 radical (unpaired) electrons. The fourth-order valence-electron chi connectivity index (χ4n) is 2.55. The maximum atomic E-state index is 12.3. The summed E-state index contributed by atoms with van der Waals surface area (Å²) in [5, 5.41) is 23.2. The number of carboxylic acids is 1. The van der Waals surface area contributed by atoms with Crippen molar-refractivity contribution in [3.63, 3.8) is 0 Å². The van der Waals surface area contributed by atoms with Crippen LogP contribution in [0.25, 0.3) is 0 Å². The first-order chi connectivity index (χ1) is 14.9. The normalized spacial score (nSPS) is 13.5. The van der Waals surface area contributed by atoms with Gasteiger partial charge in [-0.2, -0.15) is 0 Å². The van der Waals surface area contributed by atoms with Crippen molar-refractivity contribution in [3.05, 3.63) is 66.2 Å². The van der Waals surface area contributed by atoms with Crippen LogP contribution in [0, 0.1) is 0 Å². The predicted molar refractivity (Wildman–Crippen MR) is 113 cm³/mol. The first kappa shape index (κ1) is 24.0. The van der Waals surface area contributed by atoms with E-state index in [0.717, 1.165) is 5.56 Å². The van der Waals surface area contributed by atoms with Crippen molar-refractivity contribution in [3.8, 4) is 0 Å². The second-order valence-corrected chi connectivity index (χ2v) is 8.06. The van der Waals surface area contributed by atoms with Gasteiger partial charge in [0.2, 0.25) is 5.91 Å². The maximum Gasteiger partial charge on any atom is 0.408 e. The predicted octanol–water partition coefficient (Wildman–Crippen LogP) is 1.04. The van der Waals surface area contributed by atoms with Crippen molar-refractivity contribution in [2.75, 3.05) is 12.4 Å². The molecule has 0 heterocycles. The van der Waals surface area contributed by atoms with Gasteiger partial charge in [-0.3, -0.25) is 9.00 Å². The molecule has 4 N–H and O–H groups in total. The Morgan fingerprint density at radius 1 is 0.935 bits per heavy atom. The number of ether oxygens (including phenoxy) is 1. The van der Waals surface area contributed by atoms with E-state index in [9.17, 15) is 28.8 Å². The summed E-state index contributed by atoms with van der Waals surface area (Å²) >= 11 is 0. The number of carbonyl (C=O) groups excluding carboxylic acids is 2. The van der Waals surface area contributed by atoms with E-state index in [4.69, 9.17) is 4.74 Å². The maximum absolute atomic E-state index is 12.3. The molecule has 31 heavy (non-hydrogen) atoms. The van der Waals surface area contributed by atoms with Gasteiger partial charge in [-0.15, -0.1) is 0 Å². The Labute approximate surface area is 181 Å². The molecule has 0 saturated carbocycles. The minimum atomic E-state index is -1.43. The molecule has 3 atom stereocenters. The number of carbonyl (C=O) groups is 3. The third-order valence-electron chi connectivity index (χ3n) is 4.22. The smallest absolute Gasteiger partial charge is 0.408 e. The van der Waals surface area contributed by atoms with Gasteiger partial charge in [-0.05, 0) is 24.1 Å². The zero-order valence-corrected chi connectivity index (χ0v) is 17.4. The van der Waals surface area contributed by atoms with E-state index >= 15 is 0 Å². The summed E-state index contributed by atoms with van der Waals surface area (Å²) in [6.45, 7) is -0.788. The number of nitrogens with one attached hydrogen (secondary N) is 2. The molecule has 166 valence electrons. The van der Waals surface area contributed by atoms with Crippen molar-refractivity contribution in [1.29, 1.82) is 0 Å². The number of carboxylic acid groups (broad SMARTS) is 1. The minimum Gasteiger partial charge on any atom is -0.480 e. The number of rotatable bonds is 11. The molecule has 0 saturated heterocycles. The van der Waals surface area contributed by atoms with Crippen LogP contribution in [-0.2, 0) is 31.7 Å². The molecule has 0 aliphatic carbocycles. The molecule has 0 aliphatic heterocycles. The van der Waals surface area contributed by atoms with Crippen LogP contribution in [0.2, 0.25) is 0 Å². The van der Waals surface area contributed by atoms with Crippen LogP contribution in [0.5, 0.6) is 0 Å². The summed E-state index contributed by atoms with van der Waals surface area (Å²) in [6, 6.07) is 14.7. The summed E-state index contributed by atoms with van der Waals surface area (Å²) in [4.78, 5) is 36.3. The molecule has 0 aliphatic rings.